The van der Waals surface area contributed by atoms with Crippen molar-refractivity contribution in [2.75, 3.05) is 45.5 Å². The summed E-state index contributed by atoms with van der Waals surface area (Å²) in [5, 5.41) is 3.40. The first kappa shape index (κ1) is 44.0. The Hall–Kier alpha value is -6.60. The summed E-state index contributed by atoms with van der Waals surface area (Å²) < 4.78 is 52.5. The number of hydrogen-bond acceptors (Lipinski definition) is 10. The number of nitrogens with zero attached hydrogens (tertiary/aromatic N) is 4. The molecule has 1 fully saturated rings. The fraction of sp³-hybridized carbons (Fsp3) is 0.265. The molecule has 0 bridgehead atoms. The van der Waals surface area contributed by atoms with E-state index in [0.29, 0.717) is 54.9 Å². The van der Waals surface area contributed by atoms with Crippen LogP contribution in [0, 0.1) is 5.82 Å². The third kappa shape index (κ3) is 10.1. The number of fused-ring (bicyclic) bond motifs is 2. The molecule has 1 N–H and O–H groups in total. The van der Waals surface area contributed by atoms with Gasteiger partial charge >= 0.3 is 19.6 Å². The van der Waals surface area contributed by atoms with Gasteiger partial charge < -0.3 is 28.5 Å². The summed E-state index contributed by atoms with van der Waals surface area (Å²) in [7, 11) is -3.60. The van der Waals surface area contributed by atoms with Crippen molar-refractivity contribution >= 4 is 36.4 Å². The van der Waals surface area contributed by atoms with Crippen LogP contribution in [-0.4, -0.2) is 89.2 Å². The summed E-state index contributed by atoms with van der Waals surface area (Å²) in [5.41, 5.74) is 3.53. The highest BCUT2D eigenvalue weighted by atomic mass is 31.2. The Kier molecular flexibility index (Phi) is 13.6. The lowest BCUT2D eigenvalue weighted by molar-refractivity contribution is -0.144. The number of esters is 1. The van der Waals surface area contributed by atoms with Crippen molar-refractivity contribution in [3.8, 4) is 17.2 Å². The molecule has 2 amide bonds. The first-order valence-electron chi connectivity index (χ1n) is 21.3. The summed E-state index contributed by atoms with van der Waals surface area (Å²) in [6, 6.07) is 36.9. The van der Waals surface area contributed by atoms with Crippen molar-refractivity contribution in [1.82, 2.24) is 24.8 Å². The molecule has 6 aromatic rings. The molecule has 330 valence electrons. The van der Waals surface area contributed by atoms with Crippen LogP contribution < -0.4 is 19.1 Å². The van der Waals surface area contributed by atoms with Crippen molar-refractivity contribution < 1.29 is 42.1 Å². The molecular formula is C49H49FN5O8P. The number of rotatable bonds is 16. The van der Waals surface area contributed by atoms with E-state index < -0.39 is 31.7 Å². The second-order valence-electron chi connectivity index (χ2n) is 15.6. The predicted molar refractivity (Wildman–Crippen MR) is 240 cm³/mol. The molecule has 0 spiro atoms. The lowest BCUT2D eigenvalue weighted by Gasteiger charge is -2.35. The number of carbonyl (C=O) groups excluding carboxylic acids is 3. The Labute approximate surface area is 371 Å². The Bertz CT molecular complexity index is 2590. The number of aromatic nitrogens is 1. The number of para-hydroxylation sites is 1. The van der Waals surface area contributed by atoms with Crippen molar-refractivity contribution in [2.24, 2.45) is 0 Å². The van der Waals surface area contributed by atoms with Gasteiger partial charge in [-0.15, -0.1) is 0 Å². The summed E-state index contributed by atoms with van der Waals surface area (Å²) in [6.07, 6.45) is 0.488. The molecule has 0 aliphatic carbocycles. The Morgan fingerprint density at radius 1 is 0.828 bits per heavy atom. The zero-order valence-electron chi connectivity index (χ0n) is 35.6. The van der Waals surface area contributed by atoms with Gasteiger partial charge in [-0.1, -0.05) is 91.0 Å². The molecule has 1 aromatic heterocycles. The molecule has 15 heteroatoms. The molecule has 5 aromatic carbocycles. The van der Waals surface area contributed by atoms with Gasteiger partial charge in [-0.25, -0.2) is 14.3 Å². The maximum atomic E-state index is 14.7. The zero-order chi connectivity index (χ0) is 44.6. The Morgan fingerprint density at radius 3 is 2.11 bits per heavy atom. The first-order chi connectivity index (χ1) is 31.1. The van der Waals surface area contributed by atoms with Crippen LogP contribution in [0.25, 0.3) is 10.9 Å². The van der Waals surface area contributed by atoms with Gasteiger partial charge in [-0.05, 0) is 66.9 Å². The minimum atomic E-state index is -3.60. The van der Waals surface area contributed by atoms with Crippen LogP contribution >= 0.6 is 7.52 Å². The van der Waals surface area contributed by atoms with Crippen LogP contribution in [0.15, 0.2) is 134 Å². The van der Waals surface area contributed by atoms with Gasteiger partial charge in [0, 0.05) is 56.4 Å². The van der Waals surface area contributed by atoms with E-state index in [9.17, 15) is 23.3 Å². The van der Waals surface area contributed by atoms with Crippen LogP contribution in [-0.2, 0) is 27.2 Å². The SMILES string of the molecule is CCOC(=O)[C@H](C)NP(=O)(CCN1CCN(C(=O)Oc2c3c(c(OC(c4ccccc4)c4ccccc4)c4ncccc24)C(=O)N(Cc2ccc(F)cc2)C3)CC1)Oc1ccccc1. The molecule has 64 heavy (non-hydrogen) atoms. The average molecular weight is 886 g/mol. The predicted octanol–water partition coefficient (Wildman–Crippen LogP) is 8.63. The normalized spacial score (nSPS) is 15.4. The monoisotopic (exact) mass is 885 g/mol. The van der Waals surface area contributed by atoms with Gasteiger partial charge in [0.2, 0.25) is 0 Å². The molecule has 1 unspecified atom stereocenters. The second kappa shape index (κ2) is 19.8. The number of nitrogens with one attached hydrogen (secondary N) is 1. The minimum absolute atomic E-state index is 0.0908. The van der Waals surface area contributed by atoms with Crippen LogP contribution in [0.5, 0.6) is 17.2 Å². The fourth-order valence-electron chi connectivity index (χ4n) is 7.95. The maximum Gasteiger partial charge on any atom is 0.415 e. The van der Waals surface area contributed by atoms with Gasteiger partial charge in [0.05, 0.1) is 24.9 Å². The van der Waals surface area contributed by atoms with Crippen molar-refractivity contribution in [1.29, 1.82) is 0 Å². The number of carbonyl (C=O) groups is 3. The van der Waals surface area contributed by atoms with E-state index in [4.69, 9.17) is 23.7 Å². The third-order valence-electron chi connectivity index (χ3n) is 11.2. The first-order valence-corrected chi connectivity index (χ1v) is 23.1. The molecule has 2 aliphatic rings. The van der Waals surface area contributed by atoms with Gasteiger partial charge in [0.25, 0.3) is 5.91 Å². The third-order valence-corrected chi connectivity index (χ3v) is 13.3. The highest BCUT2D eigenvalue weighted by Crippen LogP contribution is 2.47. The van der Waals surface area contributed by atoms with Gasteiger partial charge in [0.1, 0.15) is 35.0 Å². The number of benzene rings is 5. The molecule has 2 atom stereocenters. The average Bonchev–Trinajstić information content (AvgIpc) is 3.64. The molecule has 1 saturated heterocycles. The zero-order valence-corrected chi connectivity index (χ0v) is 36.5. The second-order valence-corrected chi connectivity index (χ2v) is 17.9. The number of piperazine rings is 1. The standard InChI is InChI=1S/C49H49FN5O8P/c1-3-60-48(57)34(2)52-64(59,63-39-18-11-6-12-19-39)31-30-53-26-28-54(29-27-53)49(58)62-45-40-20-13-25-51-43(40)46(61-44(36-14-7-4-8-15-36)37-16-9-5-10-17-37)42-41(45)33-55(47(42)56)32-35-21-23-38(50)24-22-35/h4-25,34,44H,3,26-33H2,1-2H3,(H,52,59)/t34-,64?/m0/s1. The minimum Gasteiger partial charge on any atom is -0.478 e. The van der Waals surface area contributed by atoms with E-state index >= 15 is 0 Å². The number of ether oxygens (including phenoxy) is 3. The summed E-state index contributed by atoms with van der Waals surface area (Å²) in [6.45, 7) is 5.63. The van der Waals surface area contributed by atoms with Gasteiger partial charge in [0.15, 0.2) is 5.75 Å². The van der Waals surface area contributed by atoms with Crippen LogP contribution in [0.1, 0.15) is 52.6 Å². The van der Waals surface area contributed by atoms with E-state index in [1.807, 2.05) is 66.7 Å². The Balaban J connectivity index is 1.05. The molecule has 3 heterocycles. The van der Waals surface area contributed by atoms with Crippen molar-refractivity contribution in [3.63, 3.8) is 0 Å². The molecule has 0 radical (unpaired) electrons. The number of hydrogen-bond donors (Lipinski definition) is 1. The smallest absolute Gasteiger partial charge is 0.415 e. The molecular weight excluding hydrogens is 837 g/mol. The lowest BCUT2D eigenvalue weighted by Crippen LogP contribution is -2.50. The van der Waals surface area contributed by atoms with Crippen LogP contribution in [0.4, 0.5) is 9.18 Å². The van der Waals surface area contributed by atoms with Crippen molar-refractivity contribution in [2.45, 2.75) is 39.1 Å². The number of halogens is 1. The van der Waals surface area contributed by atoms with Crippen molar-refractivity contribution in [3.05, 3.63) is 167 Å². The Morgan fingerprint density at radius 2 is 1.47 bits per heavy atom. The topological polar surface area (TPSA) is 140 Å². The molecule has 0 saturated carbocycles. The lowest BCUT2D eigenvalue weighted by atomic mass is 9.99. The fourth-order valence-corrected chi connectivity index (χ4v) is 9.93. The van der Waals surface area contributed by atoms with E-state index in [1.165, 1.54) is 12.1 Å². The largest absolute Gasteiger partial charge is 0.478 e. The molecule has 13 nitrogen and oxygen atoms in total. The summed E-state index contributed by atoms with van der Waals surface area (Å²) in [4.78, 5) is 51.3. The van der Waals surface area contributed by atoms with Crippen LogP contribution in [0.2, 0.25) is 0 Å². The van der Waals surface area contributed by atoms with E-state index in [1.54, 1.807) is 78.4 Å². The van der Waals surface area contributed by atoms with Gasteiger partial charge in [-0.3, -0.25) is 24.0 Å². The number of amides is 2. The molecule has 2 aliphatic heterocycles. The van der Waals surface area contributed by atoms with E-state index in [-0.39, 0.29) is 54.6 Å². The van der Waals surface area contributed by atoms with Crippen LogP contribution in [0.3, 0.4) is 0 Å². The van der Waals surface area contributed by atoms with E-state index in [0.717, 1.165) is 16.7 Å². The summed E-state index contributed by atoms with van der Waals surface area (Å²) >= 11 is 0. The van der Waals surface area contributed by atoms with Gasteiger partial charge in [-0.2, -0.15) is 0 Å². The highest BCUT2D eigenvalue weighted by Gasteiger charge is 2.39. The summed E-state index contributed by atoms with van der Waals surface area (Å²) in [5.74, 6) is -0.370. The van der Waals surface area contributed by atoms with E-state index in [2.05, 4.69) is 9.99 Å². The molecule has 8 rings (SSSR count). The highest BCUT2D eigenvalue weighted by molar-refractivity contribution is 7.57. The maximum absolute atomic E-state index is 14.7. The quantitative estimate of drug-likeness (QED) is 0.0738. The number of pyridine rings is 1.